The Balaban J connectivity index is 2.21. The van der Waals surface area contributed by atoms with Gasteiger partial charge < -0.3 is 10.5 Å². The van der Waals surface area contributed by atoms with Crippen molar-refractivity contribution < 1.29 is 4.74 Å². The highest BCUT2D eigenvalue weighted by molar-refractivity contribution is 5.72. The van der Waals surface area contributed by atoms with E-state index in [2.05, 4.69) is 9.97 Å². The molecule has 0 radical (unpaired) electrons. The normalized spacial score (nSPS) is 12.7. The van der Waals surface area contributed by atoms with Gasteiger partial charge in [0.1, 0.15) is 5.75 Å². The molecule has 0 unspecified atom stereocenters. The second-order valence-electron chi connectivity index (χ2n) is 4.52. The fourth-order valence-electron chi connectivity index (χ4n) is 2.51. The molecule has 1 aliphatic carbocycles. The Morgan fingerprint density at radius 3 is 3.05 bits per heavy atom. The summed E-state index contributed by atoms with van der Waals surface area (Å²) >= 11 is 0. The van der Waals surface area contributed by atoms with Crippen LogP contribution in [-0.2, 0) is 12.8 Å². The maximum absolute atomic E-state index is 12.1. The summed E-state index contributed by atoms with van der Waals surface area (Å²) in [5.74, 6) is 0.943. The van der Waals surface area contributed by atoms with Crippen LogP contribution in [0.3, 0.4) is 0 Å². The van der Waals surface area contributed by atoms with Crippen molar-refractivity contribution in [3.8, 4) is 16.9 Å². The van der Waals surface area contributed by atoms with Gasteiger partial charge in [-0.3, -0.25) is 9.78 Å². The number of nitrogens with zero attached hydrogens (tertiary/aromatic N) is 1. The molecule has 0 bridgehead atoms. The van der Waals surface area contributed by atoms with Gasteiger partial charge in [0.25, 0.3) is 5.56 Å². The Morgan fingerprint density at radius 2 is 2.26 bits per heavy atom. The molecule has 0 fully saturated rings. The van der Waals surface area contributed by atoms with Crippen molar-refractivity contribution >= 4 is 5.95 Å². The molecule has 0 saturated carbocycles. The summed E-state index contributed by atoms with van der Waals surface area (Å²) in [7, 11) is 0. The second kappa shape index (κ2) is 4.42. The Hall–Kier alpha value is -2.30. The Labute approximate surface area is 110 Å². The largest absolute Gasteiger partial charge is 0.494 e. The molecule has 1 aromatic heterocycles. The van der Waals surface area contributed by atoms with E-state index < -0.39 is 0 Å². The zero-order valence-electron chi connectivity index (χ0n) is 10.7. The number of rotatable bonds is 2. The monoisotopic (exact) mass is 257 g/mol. The van der Waals surface area contributed by atoms with Gasteiger partial charge in [-0.05, 0) is 43.0 Å². The standard InChI is InChI=1S/C14H15N3O2/c1-2-19-9-5-3-8-4-6-11-12(10(8)7-9)13(18)17-14(15)16-11/h3,5,7H,2,4,6H2,1H3,(H3,15,16,17,18). The van der Waals surface area contributed by atoms with E-state index in [0.717, 1.165) is 35.4 Å². The molecule has 1 aliphatic rings. The van der Waals surface area contributed by atoms with E-state index in [-0.39, 0.29) is 11.5 Å². The van der Waals surface area contributed by atoms with Crippen LogP contribution in [-0.4, -0.2) is 16.6 Å². The molecule has 0 spiro atoms. The minimum absolute atomic E-state index is 0.174. The lowest BCUT2D eigenvalue weighted by atomic mass is 9.89. The zero-order chi connectivity index (χ0) is 13.4. The van der Waals surface area contributed by atoms with Crippen LogP contribution < -0.4 is 16.0 Å². The lowest BCUT2D eigenvalue weighted by Crippen LogP contribution is -2.20. The molecule has 2 aromatic rings. The SMILES string of the molecule is CCOc1ccc2c(c1)-c1c(nc(N)[nH]c1=O)CC2. The van der Waals surface area contributed by atoms with E-state index in [0.29, 0.717) is 12.2 Å². The minimum atomic E-state index is -0.183. The molecular weight excluding hydrogens is 242 g/mol. The summed E-state index contributed by atoms with van der Waals surface area (Å²) in [6.07, 6.45) is 1.61. The van der Waals surface area contributed by atoms with Gasteiger partial charge in [0.05, 0.1) is 17.9 Å². The van der Waals surface area contributed by atoms with E-state index >= 15 is 0 Å². The predicted octanol–water partition coefficient (Wildman–Crippen LogP) is 1.52. The number of aromatic amines is 1. The first-order valence-corrected chi connectivity index (χ1v) is 6.34. The van der Waals surface area contributed by atoms with E-state index in [1.165, 1.54) is 0 Å². The fourth-order valence-corrected chi connectivity index (χ4v) is 2.51. The third kappa shape index (κ3) is 1.97. The summed E-state index contributed by atoms with van der Waals surface area (Å²) in [5, 5.41) is 0. The quantitative estimate of drug-likeness (QED) is 0.854. The van der Waals surface area contributed by atoms with Crippen molar-refractivity contribution in [2.45, 2.75) is 19.8 Å². The van der Waals surface area contributed by atoms with Crippen LogP contribution in [0.1, 0.15) is 18.2 Å². The van der Waals surface area contributed by atoms with Crippen molar-refractivity contribution in [1.82, 2.24) is 9.97 Å². The first-order valence-electron chi connectivity index (χ1n) is 6.34. The number of benzene rings is 1. The zero-order valence-corrected chi connectivity index (χ0v) is 10.7. The molecule has 5 nitrogen and oxygen atoms in total. The number of aromatic nitrogens is 2. The highest BCUT2D eigenvalue weighted by atomic mass is 16.5. The lowest BCUT2D eigenvalue weighted by molar-refractivity contribution is 0.340. The van der Waals surface area contributed by atoms with Crippen molar-refractivity contribution in [2.24, 2.45) is 0 Å². The molecule has 1 aromatic carbocycles. The minimum Gasteiger partial charge on any atom is -0.494 e. The van der Waals surface area contributed by atoms with Crippen LogP contribution in [0.15, 0.2) is 23.0 Å². The molecule has 0 amide bonds. The first kappa shape index (κ1) is 11.8. The Kier molecular flexibility index (Phi) is 2.74. The maximum atomic E-state index is 12.1. The van der Waals surface area contributed by atoms with Crippen LogP contribution in [0.2, 0.25) is 0 Å². The maximum Gasteiger partial charge on any atom is 0.260 e. The molecule has 3 N–H and O–H groups in total. The summed E-state index contributed by atoms with van der Waals surface area (Å²) in [5.41, 5.74) is 8.84. The summed E-state index contributed by atoms with van der Waals surface area (Å²) in [6.45, 7) is 2.53. The fraction of sp³-hybridized carbons (Fsp3) is 0.286. The number of aryl methyl sites for hydroxylation is 2. The number of anilines is 1. The van der Waals surface area contributed by atoms with Gasteiger partial charge in [-0.2, -0.15) is 0 Å². The van der Waals surface area contributed by atoms with Crippen molar-refractivity contribution in [3.05, 3.63) is 39.8 Å². The van der Waals surface area contributed by atoms with E-state index in [1.807, 2.05) is 25.1 Å². The van der Waals surface area contributed by atoms with Gasteiger partial charge in [-0.1, -0.05) is 6.07 Å². The molecular formula is C14H15N3O2. The number of nitrogen functional groups attached to an aromatic ring is 1. The third-order valence-electron chi connectivity index (χ3n) is 3.31. The molecule has 1 heterocycles. The van der Waals surface area contributed by atoms with Gasteiger partial charge in [0.2, 0.25) is 5.95 Å². The molecule has 0 atom stereocenters. The molecule has 0 saturated heterocycles. The number of H-pyrrole nitrogens is 1. The molecule has 5 heteroatoms. The molecule has 3 rings (SSSR count). The van der Waals surface area contributed by atoms with Crippen LogP contribution in [0, 0.1) is 0 Å². The smallest absolute Gasteiger partial charge is 0.260 e. The van der Waals surface area contributed by atoms with Gasteiger partial charge in [-0.15, -0.1) is 0 Å². The summed E-state index contributed by atoms with van der Waals surface area (Å²) < 4.78 is 5.49. The number of ether oxygens (including phenoxy) is 1. The van der Waals surface area contributed by atoms with E-state index in [9.17, 15) is 4.79 Å². The van der Waals surface area contributed by atoms with Crippen LogP contribution in [0.5, 0.6) is 5.75 Å². The average Bonchev–Trinajstić information content (AvgIpc) is 2.38. The van der Waals surface area contributed by atoms with Crippen LogP contribution in [0.25, 0.3) is 11.1 Å². The Bertz CT molecular complexity index is 692. The number of nitrogens with one attached hydrogen (secondary N) is 1. The van der Waals surface area contributed by atoms with Gasteiger partial charge >= 0.3 is 0 Å². The van der Waals surface area contributed by atoms with Gasteiger partial charge in [0, 0.05) is 0 Å². The topological polar surface area (TPSA) is 81.0 Å². The Morgan fingerprint density at radius 1 is 1.42 bits per heavy atom. The third-order valence-corrected chi connectivity index (χ3v) is 3.31. The van der Waals surface area contributed by atoms with Gasteiger partial charge in [-0.25, -0.2) is 4.98 Å². The highest BCUT2D eigenvalue weighted by Gasteiger charge is 2.21. The number of fused-ring (bicyclic) bond motifs is 3. The highest BCUT2D eigenvalue weighted by Crippen LogP contribution is 2.32. The molecule has 0 aliphatic heterocycles. The number of nitrogens with two attached hydrogens (primary N) is 1. The van der Waals surface area contributed by atoms with Crippen molar-refractivity contribution in [1.29, 1.82) is 0 Å². The average molecular weight is 257 g/mol. The molecule has 19 heavy (non-hydrogen) atoms. The number of hydrogen-bond acceptors (Lipinski definition) is 4. The summed E-state index contributed by atoms with van der Waals surface area (Å²) in [6, 6.07) is 5.86. The molecule has 98 valence electrons. The summed E-state index contributed by atoms with van der Waals surface area (Å²) in [4.78, 5) is 18.9. The van der Waals surface area contributed by atoms with Crippen LogP contribution >= 0.6 is 0 Å². The van der Waals surface area contributed by atoms with Gasteiger partial charge in [0.15, 0.2) is 0 Å². The van der Waals surface area contributed by atoms with Crippen molar-refractivity contribution in [2.75, 3.05) is 12.3 Å². The van der Waals surface area contributed by atoms with E-state index in [1.54, 1.807) is 0 Å². The first-order chi connectivity index (χ1) is 9.19. The van der Waals surface area contributed by atoms with E-state index in [4.69, 9.17) is 10.5 Å². The second-order valence-corrected chi connectivity index (χ2v) is 4.52. The van der Waals surface area contributed by atoms with Crippen LogP contribution in [0.4, 0.5) is 5.95 Å². The lowest BCUT2D eigenvalue weighted by Gasteiger charge is -2.19. The number of hydrogen-bond donors (Lipinski definition) is 2. The predicted molar refractivity (Wildman–Crippen MR) is 73.3 cm³/mol. The van der Waals surface area contributed by atoms with Crippen molar-refractivity contribution in [3.63, 3.8) is 0 Å².